The van der Waals surface area contributed by atoms with Gasteiger partial charge in [0.15, 0.2) is 0 Å². The second-order valence-corrected chi connectivity index (χ2v) is 5.91. The molecule has 1 atom stereocenters. The van der Waals surface area contributed by atoms with Crippen molar-refractivity contribution < 1.29 is 17.9 Å². The Morgan fingerprint density at radius 3 is 2.43 bits per heavy atom. The summed E-state index contributed by atoms with van der Waals surface area (Å²) in [4.78, 5) is 9.97. The number of aromatic nitrogens is 2. The van der Waals surface area contributed by atoms with Crippen LogP contribution in [0.2, 0.25) is 0 Å². The van der Waals surface area contributed by atoms with E-state index in [1.807, 2.05) is 19.0 Å². The first-order valence-electron chi connectivity index (χ1n) is 8.01. The van der Waals surface area contributed by atoms with Gasteiger partial charge in [0.1, 0.15) is 29.8 Å². The Morgan fingerprint density at radius 1 is 1.25 bits per heavy atom. The van der Waals surface area contributed by atoms with Gasteiger partial charge in [-0.3, -0.25) is 0 Å². The van der Waals surface area contributed by atoms with E-state index in [4.69, 9.17) is 5.41 Å². The quantitative estimate of drug-likeness (QED) is 0.592. The Bertz CT molecular complexity index is 847. The van der Waals surface area contributed by atoms with Crippen LogP contribution in [0.15, 0.2) is 30.6 Å². The molecule has 0 aliphatic carbocycles. The van der Waals surface area contributed by atoms with Crippen LogP contribution in [0, 0.1) is 16.7 Å². The van der Waals surface area contributed by atoms with Gasteiger partial charge in [-0.15, -0.1) is 13.2 Å². The first-order valence-corrected chi connectivity index (χ1v) is 8.01. The van der Waals surface area contributed by atoms with E-state index < -0.39 is 12.4 Å². The van der Waals surface area contributed by atoms with Gasteiger partial charge in [0.25, 0.3) is 0 Å². The number of hydrogen-bond donors (Lipinski definition) is 3. The zero-order chi connectivity index (χ0) is 20.7. The molecule has 11 heteroatoms. The van der Waals surface area contributed by atoms with Crippen molar-refractivity contribution in [1.29, 1.82) is 10.7 Å². The van der Waals surface area contributed by atoms with Crippen LogP contribution < -0.4 is 15.4 Å². The molecule has 0 aliphatic rings. The van der Waals surface area contributed by atoms with Crippen LogP contribution in [0.25, 0.3) is 0 Å². The van der Waals surface area contributed by atoms with Crippen LogP contribution in [0.1, 0.15) is 5.56 Å². The average molecular weight is 393 g/mol. The number of nitrogens with one attached hydrogen (secondary N) is 3. The lowest BCUT2D eigenvalue weighted by atomic mass is 10.2. The van der Waals surface area contributed by atoms with Gasteiger partial charge in [-0.1, -0.05) is 0 Å². The van der Waals surface area contributed by atoms with Crippen molar-refractivity contribution in [2.75, 3.05) is 31.3 Å². The highest BCUT2D eigenvalue weighted by molar-refractivity contribution is 5.91. The lowest BCUT2D eigenvalue weighted by Crippen LogP contribution is -2.31. The van der Waals surface area contributed by atoms with Gasteiger partial charge < -0.3 is 25.7 Å². The highest BCUT2D eigenvalue weighted by atomic mass is 19.4. The predicted molar refractivity (Wildman–Crippen MR) is 97.9 cm³/mol. The summed E-state index contributed by atoms with van der Waals surface area (Å²) in [6.45, 7) is 0.432. The maximum absolute atomic E-state index is 12.2. The molecule has 0 saturated heterocycles. The zero-order valence-electron chi connectivity index (χ0n) is 15.1. The molecule has 1 unspecified atom stereocenters. The van der Waals surface area contributed by atoms with Crippen LogP contribution in [0.4, 0.5) is 30.5 Å². The number of halogens is 3. The molecule has 2 rings (SSSR count). The molecule has 0 aliphatic heterocycles. The Balaban J connectivity index is 2.20. The molecule has 0 fully saturated rings. The topological polar surface area (TPSA) is 110 Å². The van der Waals surface area contributed by atoms with Crippen molar-refractivity contribution in [2.45, 2.75) is 12.4 Å². The molecule has 0 spiro atoms. The molecule has 3 N–H and O–H groups in total. The lowest BCUT2D eigenvalue weighted by molar-refractivity contribution is -0.274. The predicted octanol–water partition coefficient (Wildman–Crippen LogP) is 2.98. The molecule has 0 saturated carbocycles. The van der Waals surface area contributed by atoms with E-state index in [2.05, 4.69) is 31.4 Å². The van der Waals surface area contributed by atoms with Gasteiger partial charge in [-0.05, 0) is 38.4 Å². The minimum absolute atomic E-state index is 0.263. The van der Waals surface area contributed by atoms with Gasteiger partial charge in [0.2, 0.25) is 0 Å². The SMILES string of the molecule is CN(C)CC(C#N)Nc1ncnc(Nc2ccc(OC(F)(F)F)cc2)c1C=N. The molecule has 1 aromatic carbocycles. The van der Waals surface area contributed by atoms with Crippen molar-refractivity contribution >= 4 is 23.5 Å². The van der Waals surface area contributed by atoms with Crippen LogP contribution in [0.5, 0.6) is 5.75 Å². The van der Waals surface area contributed by atoms with E-state index in [-0.39, 0.29) is 17.4 Å². The third-order valence-corrected chi connectivity index (χ3v) is 3.39. The summed E-state index contributed by atoms with van der Waals surface area (Å²) in [6, 6.07) is 6.63. The summed E-state index contributed by atoms with van der Waals surface area (Å²) in [5.74, 6) is 0.201. The fraction of sp³-hybridized carbons (Fsp3) is 0.294. The Hall–Kier alpha value is -3.39. The summed E-state index contributed by atoms with van der Waals surface area (Å²) in [7, 11) is 3.64. The first kappa shape index (κ1) is 20.9. The molecule has 8 nitrogen and oxygen atoms in total. The largest absolute Gasteiger partial charge is 0.573 e. The lowest BCUT2D eigenvalue weighted by Gasteiger charge is -2.18. The third kappa shape index (κ3) is 6.10. The Labute approximate surface area is 159 Å². The fourth-order valence-corrected chi connectivity index (χ4v) is 2.27. The van der Waals surface area contributed by atoms with E-state index in [0.29, 0.717) is 17.8 Å². The molecule has 28 heavy (non-hydrogen) atoms. The number of nitrogens with zero attached hydrogens (tertiary/aromatic N) is 4. The van der Waals surface area contributed by atoms with Gasteiger partial charge in [0.05, 0.1) is 11.6 Å². The molecule has 2 aromatic rings. The minimum atomic E-state index is -4.76. The summed E-state index contributed by atoms with van der Waals surface area (Å²) in [6.07, 6.45) is -2.49. The molecular weight excluding hydrogens is 375 g/mol. The van der Waals surface area contributed by atoms with Crippen molar-refractivity contribution in [3.05, 3.63) is 36.2 Å². The highest BCUT2D eigenvalue weighted by Gasteiger charge is 2.31. The molecule has 1 aromatic heterocycles. The monoisotopic (exact) mass is 393 g/mol. The Morgan fingerprint density at radius 2 is 1.89 bits per heavy atom. The average Bonchev–Trinajstić information content (AvgIpc) is 2.61. The zero-order valence-corrected chi connectivity index (χ0v) is 15.1. The summed E-state index contributed by atoms with van der Waals surface area (Å²) in [5.41, 5.74) is 0.740. The molecule has 0 radical (unpaired) electrons. The van der Waals surface area contributed by atoms with Crippen LogP contribution in [-0.2, 0) is 0 Å². The number of benzene rings is 1. The number of anilines is 3. The molecule has 148 valence electrons. The van der Waals surface area contributed by atoms with E-state index in [0.717, 1.165) is 18.3 Å². The smallest absolute Gasteiger partial charge is 0.406 e. The number of nitriles is 1. The third-order valence-electron chi connectivity index (χ3n) is 3.39. The molecule has 0 bridgehead atoms. The van der Waals surface area contributed by atoms with Crippen LogP contribution >= 0.6 is 0 Å². The number of rotatable bonds is 8. The van der Waals surface area contributed by atoms with Crippen molar-refractivity contribution in [3.63, 3.8) is 0 Å². The van der Waals surface area contributed by atoms with Gasteiger partial charge in [-0.25, -0.2) is 9.97 Å². The molecule has 0 amide bonds. The fourth-order valence-electron chi connectivity index (χ4n) is 2.27. The van der Waals surface area contributed by atoms with Gasteiger partial charge in [-0.2, -0.15) is 5.26 Å². The normalized spacial score (nSPS) is 12.2. The number of likely N-dealkylation sites (N-methyl/N-ethyl adjacent to an activating group) is 1. The van der Waals surface area contributed by atoms with Crippen LogP contribution in [-0.4, -0.2) is 54.1 Å². The number of alkyl halides is 3. The van der Waals surface area contributed by atoms with E-state index in [1.165, 1.54) is 18.5 Å². The second-order valence-electron chi connectivity index (χ2n) is 5.91. The van der Waals surface area contributed by atoms with Crippen molar-refractivity contribution in [1.82, 2.24) is 14.9 Å². The maximum atomic E-state index is 12.2. The summed E-state index contributed by atoms with van der Waals surface area (Å²) < 4.78 is 40.5. The maximum Gasteiger partial charge on any atom is 0.573 e. The van der Waals surface area contributed by atoms with Crippen molar-refractivity contribution in [2.24, 2.45) is 0 Å². The van der Waals surface area contributed by atoms with Crippen LogP contribution in [0.3, 0.4) is 0 Å². The number of ether oxygens (including phenoxy) is 1. The Kier molecular flexibility index (Phi) is 6.73. The first-order chi connectivity index (χ1) is 13.2. The molecular formula is C17H18F3N7O. The second kappa shape index (κ2) is 9.01. The van der Waals surface area contributed by atoms with E-state index >= 15 is 0 Å². The number of hydrogen-bond acceptors (Lipinski definition) is 8. The minimum Gasteiger partial charge on any atom is -0.406 e. The molecule has 1 heterocycles. The van der Waals surface area contributed by atoms with Gasteiger partial charge in [0, 0.05) is 18.4 Å². The van der Waals surface area contributed by atoms with Gasteiger partial charge >= 0.3 is 6.36 Å². The van der Waals surface area contributed by atoms with E-state index in [1.54, 1.807) is 0 Å². The summed E-state index contributed by atoms with van der Waals surface area (Å²) in [5, 5.41) is 22.8. The highest BCUT2D eigenvalue weighted by Crippen LogP contribution is 2.26. The standard InChI is InChI=1S/C17H18F3N7O/c1-27(2)9-12(7-21)26-16-14(8-22)15(23-10-24-16)25-11-3-5-13(6-4-11)28-17(18,19)20/h3-6,8,10,12,22H,9H2,1-2H3,(H2,23,24,25,26). The van der Waals surface area contributed by atoms with Crippen molar-refractivity contribution in [3.8, 4) is 11.8 Å². The van der Waals surface area contributed by atoms with E-state index in [9.17, 15) is 18.4 Å². The summed E-state index contributed by atoms with van der Waals surface area (Å²) >= 11 is 0.